The highest BCUT2D eigenvalue weighted by atomic mass is 32.2. The lowest BCUT2D eigenvalue weighted by Gasteiger charge is -2.33. The number of carbonyl (C=O) groups is 2. The van der Waals surface area contributed by atoms with Crippen LogP contribution in [0.15, 0.2) is 27.1 Å². The number of hydrogen-bond donors (Lipinski definition) is 2. The second-order valence-corrected chi connectivity index (χ2v) is 10.3. The van der Waals surface area contributed by atoms with E-state index in [1.807, 2.05) is 17.2 Å². The largest absolute Gasteiger partial charge is 0.292 e. The minimum absolute atomic E-state index is 0.0868. The van der Waals surface area contributed by atoms with Crippen molar-refractivity contribution in [2.45, 2.75) is 17.6 Å². The summed E-state index contributed by atoms with van der Waals surface area (Å²) in [6.45, 7) is 3.48. The summed E-state index contributed by atoms with van der Waals surface area (Å²) in [6.07, 6.45) is 0.109. The van der Waals surface area contributed by atoms with E-state index in [0.717, 1.165) is 5.69 Å². The van der Waals surface area contributed by atoms with Gasteiger partial charge in [-0.05, 0) is 18.4 Å². The van der Waals surface area contributed by atoms with E-state index in [0.29, 0.717) is 35.4 Å². The molecule has 2 aromatic rings. The molecule has 2 amide bonds. The van der Waals surface area contributed by atoms with Crippen molar-refractivity contribution in [3.63, 3.8) is 0 Å². The number of hydrazine groups is 1. The summed E-state index contributed by atoms with van der Waals surface area (Å²) in [6, 6.07) is 3.30. The number of amides is 2. The molecule has 1 saturated heterocycles. The molecule has 1 fully saturated rings. The summed E-state index contributed by atoms with van der Waals surface area (Å²) in [5, 5.41) is 4.28. The topological polar surface area (TPSA) is 112 Å². The first-order valence-electron chi connectivity index (χ1n) is 8.59. The molecule has 0 aromatic carbocycles. The number of rotatable bonds is 6. The molecule has 2 aromatic heterocycles. The van der Waals surface area contributed by atoms with Gasteiger partial charge in [0.15, 0.2) is 0 Å². The molecule has 0 bridgehead atoms. The maximum Gasteiger partial charge on any atom is 0.252 e. The fourth-order valence-corrected chi connectivity index (χ4v) is 6.05. The number of thiazole rings is 1. The monoisotopic (exact) mass is 443 g/mol. The van der Waals surface area contributed by atoms with E-state index in [4.69, 9.17) is 0 Å². The van der Waals surface area contributed by atoms with E-state index in [1.54, 1.807) is 17.5 Å². The van der Waals surface area contributed by atoms with E-state index in [2.05, 4.69) is 15.8 Å². The Morgan fingerprint density at radius 1 is 1.14 bits per heavy atom. The summed E-state index contributed by atoms with van der Waals surface area (Å²) < 4.78 is 26.8. The molecule has 0 spiro atoms. The second-order valence-electron chi connectivity index (χ2n) is 6.27. The van der Waals surface area contributed by atoms with Crippen LogP contribution in [0.2, 0.25) is 0 Å². The summed E-state index contributed by atoms with van der Waals surface area (Å²) in [5.41, 5.74) is 5.62. The molecule has 0 saturated carbocycles. The molecule has 0 atom stereocenters. The first-order valence-corrected chi connectivity index (χ1v) is 11.8. The fraction of sp³-hybridized carbons (Fsp3) is 0.438. The van der Waals surface area contributed by atoms with Gasteiger partial charge in [-0.25, -0.2) is 13.4 Å². The molecule has 1 aliphatic rings. The van der Waals surface area contributed by atoms with Crippen LogP contribution in [0.1, 0.15) is 10.7 Å². The van der Waals surface area contributed by atoms with Crippen LogP contribution in [-0.2, 0) is 26.0 Å². The van der Waals surface area contributed by atoms with Crippen LogP contribution >= 0.6 is 22.7 Å². The van der Waals surface area contributed by atoms with Gasteiger partial charge in [0.1, 0.15) is 9.22 Å². The molecule has 3 heterocycles. The van der Waals surface area contributed by atoms with Crippen LogP contribution in [-0.4, -0.2) is 67.1 Å². The summed E-state index contributed by atoms with van der Waals surface area (Å²) in [7, 11) is -3.46. The van der Waals surface area contributed by atoms with Crippen molar-refractivity contribution in [2.24, 2.45) is 0 Å². The van der Waals surface area contributed by atoms with Gasteiger partial charge in [0.05, 0.1) is 13.0 Å². The number of nitrogens with one attached hydrogen (secondary N) is 2. The maximum absolute atomic E-state index is 12.5. The number of piperazine rings is 1. The lowest BCUT2D eigenvalue weighted by Crippen LogP contribution is -2.52. The average molecular weight is 444 g/mol. The van der Waals surface area contributed by atoms with Gasteiger partial charge in [0.2, 0.25) is 5.91 Å². The van der Waals surface area contributed by atoms with Crippen LogP contribution in [0, 0.1) is 6.92 Å². The highest BCUT2D eigenvalue weighted by Gasteiger charge is 2.29. The zero-order valence-electron chi connectivity index (χ0n) is 15.3. The molecular formula is C16H21N5O4S3. The van der Waals surface area contributed by atoms with Crippen LogP contribution in [0.4, 0.5) is 0 Å². The maximum atomic E-state index is 12.5. The fourth-order valence-electron chi connectivity index (χ4n) is 2.71. The third-order valence-corrected chi connectivity index (χ3v) is 8.35. The minimum atomic E-state index is -3.46. The Balaban J connectivity index is 1.39. The predicted octanol–water partition coefficient (Wildman–Crippen LogP) is 0.209. The number of carbonyl (C=O) groups excluding carboxylic acids is 2. The van der Waals surface area contributed by atoms with Gasteiger partial charge >= 0.3 is 0 Å². The van der Waals surface area contributed by atoms with E-state index < -0.39 is 10.0 Å². The van der Waals surface area contributed by atoms with Crippen molar-refractivity contribution in [1.82, 2.24) is 25.0 Å². The van der Waals surface area contributed by atoms with Gasteiger partial charge < -0.3 is 0 Å². The Hall–Kier alpha value is -1.86. The van der Waals surface area contributed by atoms with Gasteiger partial charge in [-0.3, -0.25) is 25.3 Å². The quantitative estimate of drug-likeness (QED) is 0.618. The summed E-state index contributed by atoms with van der Waals surface area (Å²) >= 11 is 2.59. The second kappa shape index (κ2) is 9.09. The smallest absolute Gasteiger partial charge is 0.252 e. The first kappa shape index (κ1) is 20.9. The molecule has 2 N–H and O–H groups in total. The number of aryl methyl sites for hydroxylation is 1. The molecule has 0 radical (unpaired) electrons. The minimum Gasteiger partial charge on any atom is -0.292 e. The van der Waals surface area contributed by atoms with Crippen molar-refractivity contribution in [1.29, 1.82) is 0 Å². The summed E-state index contributed by atoms with van der Waals surface area (Å²) in [5.74, 6) is -0.687. The van der Waals surface area contributed by atoms with Gasteiger partial charge in [-0.2, -0.15) is 4.31 Å². The predicted molar refractivity (Wildman–Crippen MR) is 106 cm³/mol. The molecule has 1 aliphatic heterocycles. The molecule has 3 rings (SSSR count). The zero-order valence-corrected chi connectivity index (χ0v) is 17.7. The van der Waals surface area contributed by atoms with Crippen molar-refractivity contribution < 1.29 is 18.0 Å². The van der Waals surface area contributed by atoms with Gasteiger partial charge in [0, 0.05) is 37.3 Å². The average Bonchev–Trinajstić information content (AvgIpc) is 3.33. The third-order valence-electron chi connectivity index (χ3n) is 4.11. The molecule has 152 valence electrons. The lowest BCUT2D eigenvalue weighted by molar-refractivity contribution is -0.129. The highest BCUT2D eigenvalue weighted by Crippen LogP contribution is 2.21. The Morgan fingerprint density at radius 3 is 2.46 bits per heavy atom. The van der Waals surface area contributed by atoms with Gasteiger partial charge in [-0.1, -0.05) is 6.07 Å². The van der Waals surface area contributed by atoms with Crippen molar-refractivity contribution in [3.8, 4) is 0 Å². The molecule has 9 nitrogen and oxygen atoms in total. The number of thiophene rings is 1. The van der Waals surface area contributed by atoms with Crippen molar-refractivity contribution in [3.05, 3.63) is 33.6 Å². The highest BCUT2D eigenvalue weighted by molar-refractivity contribution is 7.91. The normalized spacial score (nSPS) is 16.0. The van der Waals surface area contributed by atoms with Crippen molar-refractivity contribution in [2.75, 3.05) is 32.7 Å². The first-order chi connectivity index (χ1) is 13.3. The Morgan fingerprint density at radius 2 is 1.86 bits per heavy atom. The lowest BCUT2D eigenvalue weighted by atomic mass is 10.3. The summed E-state index contributed by atoms with van der Waals surface area (Å²) in [4.78, 5) is 29.9. The van der Waals surface area contributed by atoms with E-state index in [-0.39, 0.29) is 24.8 Å². The molecule has 12 heteroatoms. The van der Waals surface area contributed by atoms with Crippen LogP contribution in [0.3, 0.4) is 0 Å². The third kappa shape index (κ3) is 5.35. The van der Waals surface area contributed by atoms with E-state index >= 15 is 0 Å². The Bertz CT molecular complexity index is 918. The van der Waals surface area contributed by atoms with E-state index in [1.165, 1.54) is 27.0 Å². The number of hydrogen-bond acceptors (Lipinski definition) is 8. The van der Waals surface area contributed by atoms with Gasteiger partial charge in [-0.15, -0.1) is 22.7 Å². The number of aromatic nitrogens is 1. The van der Waals surface area contributed by atoms with Crippen LogP contribution in [0.5, 0.6) is 0 Å². The standard InChI is InChI=1S/C16H21N5O4S3/c1-12-11-27-15(17-12)9-13(22)18-19-14(23)10-20-4-6-21(7-5-20)28(24,25)16-3-2-8-26-16/h2-3,8,11H,4-7,9-10H2,1H3,(H,18,22)(H,19,23). The molecule has 28 heavy (non-hydrogen) atoms. The molecule has 0 unspecified atom stereocenters. The Kier molecular flexibility index (Phi) is 6.78. The Labute approximate surface area is 171 Å². The van der Waals surface area contributed by atoms with Crippen molar-refractivity contribution >= 4 is 44.5 Å². The SMILES string of the molecule is Cc1csc(CC(=O)NNC(=O)CN2CCN(S(=O)(=O)c3cccs3)CC2)n1. The van der Waals surface area contributed by atoms with E-state index in [9.17, 15) is 18.0 Å². The molecular weight excluding hydrogens is 422 g/mol. The zero-order chi connectivity index (χ0) is 20.1. The molecule has 0 aliphatic carbocycles. The number of sulfonamides is 1. The number of nitrogens with zero attached hydrogens (tertiary/aromatic N) is 3. The van der Waals surface area contributed by atoms with Crippen LogP contribution < -0.4 is 10.9 Å². The van der Waals surface area contributed by atoms with Crippen LogP contribution in [0.25, 0.3) is 0 Å². The van der Waals surface area contributed by atoms with Gasteiger partial charge in [0.25, 0.3) is 15.9 Å².